The summed E-state index contributed by atoms with van der Waals surface area (Å²) in [6.45, 7) is 0. The number of ether oxygens (including phenoxy) is 1. The summed E-state index contributed by atoms with van der Waals surface area (Å²) in [5, 5.41) is 3.82. The van der Waals surface area contributed by atoms with Crippen LogP contribution in [-0.4, -0.2) is 30.7 Å². The van der Waals surface area contributed by atoms with Gasteiger partial charge >= 0.3 is 7.60 Å². The highest BCUT2D eigenvalue weighted by molar-refractivity contribution is 7.53. The molecule has 18 heavy (non-hydrogen) atoms. The highest BCUT2D eigenvalue weighted by atomic mass is 31.2. The molecule has 0 fully saturated rings. The fourth-order valence-corrected chi connectivity index (χ4v) is 2.42. The minimum atomic E-state index is -3.76. The summed E-state index contributed by atoms with van der Waals surface area (Å²) in [7, 11) is -0.994. The molecule has 0 aromatic heterocycles. The van der Waals surface area contributed by atoms with Crippen LogP contribution in [-0.2, 0) is 13.9 Å². The van der Waals surface area contributed by atoms with Crippen LogP contribution in [0, 0.1) is 0 Å². The number of benzene rings is 1. The number of methoxy groups -OCH3 is 1. The van der Waals surface area contributed by atoms with Crippen LogP contribution in [0.25, 0.3) is 0 Å². The van der Waals surface area contributed by atoms with Gasteiger partial charge < -0.3 is 19.0 Å². The molecule has 1 aromatic carbocycles. The van der Waals surface area contributed by atoms with E-state index in [9.17, 15) is 9.46 Å². The van der Waals surface area contributed by atoms with Crippen molar-refractivity contribution < 1.29 is 23.6 Å². The highest BCUT2D eigenvalue weighted by Gasteiger charge is 2.38. The van der Waals surface area contributed by atoms with Crippen LogP contribution in [0.2, 0.25) is 0 Å². The van der Waals surface area contributed by atoms with Crippen molar-refractivity contribution in [3.8, 4) is 5.75 Å². The molecule has 0 saturated carbocycles. The van der Waals surface area contributed by atoms with Gasteiger partial charge in [-0.3, -0.25) is 4.57 Å². The number of hydrogen-bond acceptors (Lipinski definition) is 5. The maximum atomic E-state index is 11.6. The normalized spacial score (nSPS) is 21.9. The van der Waals surface area contributed by atoms with Gasteiger partial charge in [0.2, 0.25) is 5.85 Å². The van der Waals surface area contributed by atoms with Gasteiger partial charge in [0.15, 0.2) is 0 Å². The Morgan fingerprint density at radius 1 is 1.39 bits per heavy atom. The molecule has 2 rings (SSSR count). The average molecular weight is 271 g/mol. The van der Waals surface area contributed by atoms with Gasteiger partial charge in [0.05, 0.1) is 12.8 Å². The van der Waals surface area contributed by atoms with Gasteiger partial charge in [-0.25, -0.2) is 0 Å². The van der Waals surface area contributed by atoms with Crippen LogP contribution in [0.5, 0.6) is 5.75 Å². The van der Waals surface area contributed by atoms with Gasteiger partial charge in [0.1, 0.15) is 5.75 Å². The van der Waals surface area contributed by atoms with Gasteiger partial charge in [0.25, 0.3) is 0 Å². The van der Waals surface area contributed by atoms with Gasteiger partial charge in [0, 0.05) is 13.5 Å². The molecular weight excluding hydrogens is 257 g/mol. The zero-order chi connectivity index (χ0) is 13.2. The summed E-state index contributed by atoms with van der Waals surface area (Å²) in [6, 6.07) is 7.22. The predicted molar refractivity (Wildman–Crippen MR) is 65.9 cm³/mol. The van der Waals surface area contributed by atoms with Gasteiger partial charge in [-0.15, -0.1) is 0 Å². The lowest BCUT2D eigenvalue weighted by Crippen LogP contribution is -2.10. The van der Waals surface area contributed by atoms with Crippen LogP contribution >= 0.6 is 7.60 Å². The largest absolute Gasteiger partial charge is 0.497 e. The first-order valence-electron chi connectivity index (χ1n) is 5.32. The molecule has 0 amide bonds. The van der Waals surface area contributed by atoms with Crippen molar-refractivity contribution in [1.29, 1.82) is 0 Å². The molecule has 2 atom stereocenters. The zero-order valence-electron chi connectivity index (χ0n) is 10.1. The summed E-state index contributed by atoms with van der Waals surface area (Å²) < 4.78 is 21.2. The van der Waals surface area contributed by atoms with Crippen molar-refractivity contribution >= 4 is 13.3 Å². The molecule has 0 aliphatic carbocycles. The number of nitrogens with zero attached hydrogens (tertiary/aromatic N) is 1. The molecule has 7 heteroatoms. The van der Waals surface area contributed by atoms with E-state index in [1.165, 1.54) is 7.11 Å². The smallest absolute Gasteiger partial charge is 0.371 e. The van der Waals surface area contributed by atoms with E-state index in [2.05, 4.69) is 9.68 Å². The molecule has 0 bridgehead atoms. The van der Waals surface area contributed by atoms with Gasteiger partial charge in [-0.2, -0.15) is 0 Å². The molecule has 6 nitrogen and oxygen atoms in total. The molecule has 0 radical (unpaired) electrons. The Balaban J connectivity index is 2.10. The second kappa shape index (κ2) is 5.10. The zero-order valence-corrected chi connectivity index (χ0v) is 11.0. The van der Waals surface area contributed by atoms with Crippen molar-refractivity contribution in [3.63, 3.8) is 0 Å². The van der Waals surface area contributed by atoms with E-state index in [0.717, 1.165) is 11.3 Å². The predicted octanol–water partition coefficient (Wildman–Crippen LogP) is 1.98. The second-order valence-electron chi connectivity index (χ2n) is 3.78. The molecule has 0 saturated heterocycles. The van der Waals surface area contributed by atoms with Crippen molar-refractivity contribution in [2.24, 2.45) is 5.16 Å². The third kappa shape index (κ3) is 2.56. The molecule has 2 unspecified atom stereocenters. The average Bonchev–Trinajstić information content (AvgIpc) is 2.89. The standard InChI is InChI=1S/C11H14NO5P/c1-15-9-5-3-8(4-6-9)10-7-11(17-12-10)18(13,14)16-2/h3-6,11H,7H2,1-2H3,(H,13,14). The van der Waals surface area contributed by atoms with Crippen LogP contribution in [0.4, 0.5) is 0 Å². The highest BCUT2D eigenvalue weighted by Crippen LogP contribution is 2.50. The summed E-state index contributed by atoms with van der Waals surface area (Å²) in [4.78, 5) is 14.4. The Labute approximate surface area is 105 Å². The minimum Gasteiger partial charge on any atom is -0.497 e. The van der Waals surface area contributed by atoms with E-state index in [4.69, 9.17) is 9.57 Å². The maximum absolute atomic E-state index is 11.6. The molecule has 1 aliphatic heterocycles. The molecular formula is C11H14NO5P. The number of oxime groups is 1. The lowest BCUT2D eigenvalue weighted by Gasteiger charge is -2.13. The van der Waals surface area contributed by atoms with E-state index >= 15 is 0 Å². The lowest BCUT2D eigenvalue weighted by atomic mass is 10.1. The van der Waals surface area contributed by atoms with Crippen LogP contribution < -0.4 is 4.74 Å². The first-order valence-corrected chi connectivity index (χ1v) is 6.97. The summed E-state index contributed by atoms with van der Waals surface area (Å²) in [6.07, 6.45) is 0.244. The molecule has 98 valence electrons. The molecule has 1 N–H and O–H groups in total. The summed E-state index contributed by atoms with van der Waals surface area (Å²) in [5.74, 6) is -0.195. The molecule has 0 spiro atoms. The summed E-state index contributed by atoms with van der Waals surface area (Å²) >= 11 is 0. The molecule has 1 heterocycles. The van der Waals surface area contributed by atoms with Gasteiger partial charge in [-0.1, -0.05) is 5.16 Å². The Morgan fingerprint density at radius 3 is 2.61 bits per heavy atom. The van der Waals surface area contributed by atoms with E-state index in [1.54, 1.807) is 19.2 Å². The lowest BCUT2D eigenvalue weighted by molar-refractivity contribution is 0.112. The van der Waals surface area contributed by atoms with Crippen molar-refractivity contribution in [3.05, 3.63) is 29.8 Å². The topological polar surface area (TPSA) is 77.4 Å². The van der Waals surface area contributed by atoms with E-state index < -0.39 is 13.4 Å². The van der Waals surface area contributed by atoms with Crippen LogP contribution in [0.1, 0.15) is 12.0 Å². The van der Waals surface area contributed by atoms with E-state index in [-0.39, 0.29) is 6.42 Å². The fraction of sp³-hybridized carbons (Fsp3) is 0.364. The number of rotatable bonds is 4. The van der Waals surface area contributed by atoms with Crippen LogP contribution in [0.15, 0.2) is 29.4 Å². The Bertz CT molecular complexity index is 499. The summed E-state index contributed by atoms with van der Waals surface area (Å²) in [5.41, 5.74) is 1.45. The monoisotopic (exact) mass is 271 g/mol. The SMILES string of the molecule is COc1ccc(C2=NOC(P(=O)(O)OC)C2)cc1. The third-order valence-electron chi connectivity index (χ3n) is 2.70. The second-order valence-corrected chi connectivity index (χ2v) is 5.85. The van der Waals surface area contributed by atoms with E-state index in [0.29, 0.717) is 5.71 Å². The van der Waals surface area contributed by atoms with Crippen molar-refractivity contribution in [1.82, 2.24) is 0 Å². The Morgan fingerprint density at radius 2 is 2.06 bits per heavy atom. The third-order valence-corrected chi connectivity index (χ3v) is 4.23. The van der Waals surface area contributed by atoms with Crippen molar-refractivity contribution in [2.75, 3.05) is 14.2 Å². The maximum Gasteiger partial charge on any atom is 0.371 e. The fourth-order valence-electron chi connectivity index (χ4n) is 1.61. The quantitative estimate of drug-likeness (QED) is 0.847. The van der Waals surface area contributed by atoms with E-state index in [1.807, 2.05) is 12.1 Å². The molecule has 1 aliphatic rings. The Kier molecular flexibility index (Phi) is 3.71. The first kappa shape index (κ1) is 13.1. The van der Waals surface area contributed by atoms with Crippen LogP contribution in [0.3, 0.4) is 0 Å². The van der Waals surface area contributed by atoms with Gasteiger partial charge in [-0.05, 0) is 29.8 Å². The first-order chi connectivity index (χ1) is 8.56. The Hall–Kier alpha value is -1.36. The molecule has 1 aromatic rings. The van der Waals surface area contributed by atoms with Crippen molar-refractivity contribution in [2.45, 2.75) is 12.3 Å². The minimum absolute atomic E-state index is 0.244. The number of hydrogen-bond donors (Lipinski definition) is 1.